The van der Waals surface area contributed by atoms with E-state index in [9.17, 15) is 9.90 Å². The highest BCUT2D eigenvalue weighted by atomic mass is 35.5. The van der Waals surface area contributed by atoms with Crippen LogP contribution in [0, 0.1) is 0 Å². The number of amides is 1. The monoisotopic (exact) mass is 346 g/mol. The summed E-state index contributed by atoms with van der Waals surface area (Å²) in [6.07, 6.45) is 3.48. The molecule has 4 nitrogen and oxygen atoms in total. The topological polar surface area (TPSA) is 56.3 Å². The van der Waals surface area contributed by atoms with E-state index in [2.05, 4.69) is 4.98 Å². The van der Waals surface area contributed by atoms with E-state index in [0.29, 0.717) is 22.0 Å². The van der Waals surface area contributed by atoms with Gasteiger partial charge in [0.05, 0.1) is 9.90 Å². The standard InChI is InChI=1S/C17H15ClN2O2S/c1-20(10-11-4-2-3-5-14(11)21)17(22)13-9-19-8-12(13)15-6-7-16(18)23-15/h2-9,19,21H,10H2,1H3. The zero-order chi connectivity index (χ0) is 16.4. The first kappa shape index (κ1) is 15.6. The molecule has 2 N–H and O–H groups in total. The first-order valence-electron chi connectivity index (χ1n) is 7.01. The first-order valence-corrected chi connectivity index (χ1v) is 8.20. The number of para-hydroxylation sites is 1. The number of hydrogen-bond acceptors (Lipinski definition) is 3. The summed E-state index contributed by atoms with van der Waals surface area (Å²) >= 11 is 7.41. The van der Waals surface area contributed by atoms with Gasteiger partial charge in [-0.3, -0.25) is 4.79 Å². The molecule has 1 aromatic carbocycles. The highest BCUT2D eigenvalue weighted by Gasteiger charge is 2.19. The van der Waals surface area contributed by atoms with Crippen molar-refractivity contribution >= 4 is 28.8 Å². The van der Waals surface area contributed by atoms with E-state index >= 15 is 0 Å². The number of nitrogens with one attached hydrogen (secondary N) is 1. The average Bonchev–Trinajstić information content (AvgIpc) is 3.17. The fourth-order valence-corrected chi connectivity index (χ4v) is 3.45. The van der Waals surface area contributed by atoms with Crippen LogP contribution in [-0.4, -0.2) is 27.9 Å². The van der Waals surface area contributed by atoms with Crippen LogP contribution in [0.5, 0.6) is 5.75 Å². The Morgan fingerprint density at radius 1 is 1.26 bits per heavy atom. The summed E-state index contributed by atoms with van der Waals surface area (Å²) in [5, 5.41) is 9.85. The molecule has 0 saturated carbocycles. The number of aromatic hydroxyl groups is 1. The predicted octanol–water partition coefficient (Wildman–Crippen LogP) is 4.37. The molecular weight excluding hydrogens is 332 g/mol. The molecule has 0 saturated heterocycles. The van der Waals surface area contributed by atoms with Crippen LogP contribution in [0.2, 0.25) is 4.34 Å². The molecule has 0 radical (unpaired) electrons. The van der Waals surface area contributed by atoms with Crippen LogP contribution in [0.3, 0.4) is 0 Å². The van der Waals surface area contributed by atoms with E-state index in [-0.39, 0.29) is 11.7 Å². The summed E-state index contributed by atoms with van der Waals surface area (Å²) in [5.41, 5.74) is 2.12. The van der Waals surface area contributed by atoms with Gasteiger partial charge in [-0.25, -0.2) is 0 Å². The number of nitrogens with zero attached hydrogens (tertiary/aromatic N) is 1. The van der Waals surface area contributed by atoms with Crippen LogP contribution < -0.4 is 0 Å². The maximum atomic E-state index is 12.7. The van der Waals surface area contributed by atoms with Gasteiger partial charge < -0.3 is 15.0 Å². The molecule has 3 rings (SSSR count). The van der Waals surface area contributed by atoms with Gasteiger partial charge in [0.1, 0.15) is 5.75 Å². The summed E-state index contributed by atoms with van der Waals surface area (Å²) in [6.45, 7) is 0.335. The largest absolute Gasteiger partial charge is 0.508 e. The van der Waals surface area contributed by atoms with Gasteiger partial charge in [0, 0.05) is 42.0 Å². The minimum absolute atomic E-state index is 0.117. The number of rotatable bonds is 4. The van der Waals surface area contributed by atoms with Crippen LogP contribution in [0.15, 0.2) is 48.8 Å². The number of carbonyl (C=O) groups excluding carboxylic acids is 1. The number of benzene rings is 1. The number of phenolic OH excluding ortho intramolecular Hbond substituents is 1. The van der Waals surface area contributed by atoms with Crippen molar-refractivity contribution < 1.29 is 9.90 Å². The van der Waals surface area contributed by atoms with Gasteiger partial charge in [0.25, 0.3) is 5.91 Å². The number of thiophene rings is 1. The highest BCUT2D eigenvalue weighted by molar-refractivity contribution is 7.19. The molecule has 2 heterocycles. The maximum absolute atomic E-state index is 12.7. The molecule has 0 aliphatic heterocycles. The van der Waals surface area contributed by atoms with E-state index in [1.807, 2.05) is 18.2 Å². The quantitative estimate of drug-likeness (QED) is 0.736. The lowest BCUT2D eigenvalue weighted by Crippen LogP contribution is -2.26. The van der Waals surface area contributed by atoms with E-state index < -0.39 is 0 Å². The molecule has 3 aromatic rings. The van der Waals surface area contributed by atoms with E-state index in [1.54, 1.807) is 42.5 Å². The number of phenols is 1. The van der Waals surface area contributed by atoms with Crippen molar-refractivity contribution in [3.8, 4) is 16.2 Å². The molecule has 0 atom stereocenters. The molecular formula is C17H15ClN2O2S. The smallest absolute Gasteiger partial charge is 0.256 e. The van der Waals surface area contributed by atoms with Crippen molar-refractivity contribution in [1.82, 2.24) is 9.88 Å². The second kappa shape index (κ2) is 6.48. The van der Waals surface area contributed by atoms with Crippen molar-refractivity contribution in [1.29, 1.82) is 0 Å². The molecule has 0 fully saturated rings. The zero-order valence-corrected chi connectivity index (χ0v) is 14.0. The van der Waals surface area contributed by atoms with Crippen molar-refractivity contribution in [3.63, 3.8) is 0 Å². The van der Waals surface area contributed by atoms with Gasteiger partial charge >= 0.3 is 0 Å². The SMILES string of the molecule is CN(Cc1ccccc1O)C(=O)c1c[nH]cc1-c1ccc(Cl)s1. The van der Waals surface area contributed by atoms with Crippen LogP contribution >= 0.6 is 22.9 Å². The van der Waals surface area contributed by atoms with Crippen molar-refractivity contribution in [2.24, 2.45) is 0 Å². The Balaban J connectivity index is 1.84. The third-order valence-electron chi connectivity index (χ3n) is 3.56. The fraction of sp³-hybridized carbons (Fsp3) is 0.118. The molecule has 0 bridgehead atoms. The average molecular weight is 347 g/mol. The van der Waals surface area contributed by atoms with Gasteiger partial charge in [0.2, 0.25) is 0 Å². The third-order valence-corrected chi connectivity index (χ3v) is 4.82. The number of halogens is 1. The number of H-pyrrole nitrogens is 1. The lowest BCUT2D eigenvalue weighted by Gasteiger charge is -2.18. The van der Waals surface area contributed by atoms with Crippen LogP contribution in [0.4, 0.5) is 0 Å². The zero-order valence-electron chi connectivity index (χ0n) is 12.4. The Kier molecular flexibility index (Phi) is 4.41. The first-order chi connectivity index (χ1) is 11.1. The Labute approximate surface area is 143 Å². The number of aromatic nitrogens is 1. The Bertz CT molecular complexity index is 840. The third kappa shape index (κ3) is 3.25. The molecule has 0 aliphatic carbocycles. The van der Waals surface area contributed by atoms with Gasteiger partial charge in [-0.15, -0.1) is 11.3 Å². The van der Waals surface area contributed by atoms with Gasteiger partial charge in [-0.2, -0.15) is 0 Å². The molecule has 2 aromatic heterocycles. The lowest BCUT2D eigenvalue weighted by molar-refractivity contribution is 0.0785. The summed E-state index contributed by atoms with van der Waals surface area (Å²) in [5.74, 6) is 0.0699. The minimum Gasteiger partial charge on any atom is -0.508 e. The Hall–Kier alpha value is -2.24. The molecule has 0 spiro atoms. The van der Waals surface area contributed by atoms with Crippen molar-refractivity contribution in [2.75, 3.05) is 7.05 Å². The van der Waals surface area contributed by atoms with Crippen LogP contribution in [0.25, 0.3) is 10.4 Å². The van der Waals surface area contributed by atoms with Crippen molar-refractivity contribution in [2.45, 2.75) is 6.54 Å². The van der Waals surface area contributed by atoms with Crippen molar-refractivity contribution in [3.05, 3.63) is 64.3 Å². The summed E-state index contributed by atoms with van der Waals surface area (Å²) in [4.78, 5) is 18.2. The van der Waals surface area contributed by atoms with Crippen LogP contribution in [0.1, 0.15) is 15.9 Å². The number of carbonyl (C=O) groups is 1. The predicted molar refractivity (Wildman–Crippen MR) is 93.0 cm³/mol. The highest BCUT2D eigenvalue weighted by Crippen LogP contribution is 2.33. The molecule has 0 aliphatic rings. The second-order valence-corrected chi connectivity index (χ2v) is 6.89. The van der Waals surface area contributed by atoms with Crippen LogP contribution in [-0.2, 0) is 6.54 Å². The minimum atomic E-state index is -0.117. The summed E-state index contributed by atoms with van der Waals surface area (Å²) < 4.78 is 0.683. The van der Waals surface area contributed by atoms with E-state index in [4.69, 9.17) is 11.6 Å². The molecule has 118 valence electrons. The van der Waals surface area contributed by atoms with E-state index in [1.165, 1.54) is 11.3 Å². The Morgan fingerprint density at radius 2 is 2.04 bits per heavy atom. The molecule has 0 unspecified atom stereocenters. The Morgan fingerprint density at radius 3 is 2.74 bits per heavy atom. The molecule has 6 heteroatoms. The van der Waals surface area contributed by atoms with Gasteiger partial charge in [0.15, 0.2) is 0 Å². The van der Waals surface area contributed by atoms with Gasteiger partial charge in [-0.1, -0.05) is 29.8 Å². The second-order valence-electron chi connectivity index (χ2n) is 5.18. The van der Waals surface area contributed by atoms with Gasteiger partial charge in [-0.05, 0) is 18.2 Å². The summed E-state index contributed by atoms with van der Waals surface area (Å²) in [7, 11) is 1.72. The maximum Gasteiger partial charge on any atom is 0.256 e. The molecule has 1 amide bonds. The summed E-state index contributed by atoms with van der Waals surface area (Å²) in [6, 6.07) is 10.7. The lowest BCUT2D eigenvalue weighted by atomic mass is 10.1. The molecule has 23 heavy (non-hydrogen) atoms. The fourth-order valence-electron chi connectivity index (χ4n) is 2.38. The normalized spacial score (nSPS) is 10.7. The van der Waals surface area contributed by atoms with E-state index in [0.717, 1.165) is 10.4 Å². The number of aromatic amines is 1. The number of hydrogen-bond donors (Lipinski definition) is 2.